The first-order chi connectivity index (χ1) is 9.28. The van der Waals surface area contributed by atoms with Crippen LogP contribution >= 0.6 is 0 Å². The molecule has 0 amide bonds. The molecule has 2 aliphatic heterocycles. The van der Waals surface area contributed by atoms with Crippen molar-refractivity contribution in [2.45, 2.75) is 25.3 Å². The molecule has 0 saturated carbocycles. The molecule has 0 aromatic heterocycles. The van der Waals surface area contributed by atoms with Gasteiger partial charge in [-0.1, -0.05) is 0 Å². The van der Waals surface area contributed by atoms with Crippen molar-refractivity contribution in [3.05, 3.63) is 23.8 Å². The van der Waals surface area contributed by atoms with Gasteiger partial charge in [-0.3, -0.25) is 4.90 Å². The molecule has 3 rings (SSSR count). The van der Waals surface area contributed by atoms with Crippen LogP contribution in [0.2, 0.25) is 0 Å². The lowest BCUT2D eigenvalue weighted by Crippen LogP contribution is -2.35. The van der Waals surface area contributed by atoms with Gasteiger partial charge in [0.15, 0.2) is 0 Å². The van der Waals surface area contributed by atoms with E-state index in [0.29, 0.717) is 11.6 Å². The van der Waals surface area contributed by atoms with Crippen molar-refractivity contribution in [3.8, 4) is 6.07 Å². The van der Waals surface area contributed by atoms with Gasteiger partial charge in [-0.25, -0.2) is 0 Å². The number of nitrogen functional groups attached to an aromatic ring is 1. The number of likely N-dealkylation sites (tertiary alicyclic amines) is 1. The van der Waals surface area contributed by atoms with Crippen LogP contribution in [0.25, 0.3) is 0 Å². The predicted molar refractivity (Wildman–Crippen MR) is 77.0 cm³/mol. The Labute approximate surface area is 114 Å². The third-order valence-corrected chi connectivity index (χ3v) is 4.32. The number of nitriles is 1. The van der Waals surface area contributed by atoms with Gasteiger partial charge >= 0.3 is 0 Å². The van der Waals surface area contributed by atoms with Crippen molar-refractivity contribution in [3.63, 3.8) is 0 Å². The molecular formula is C15H20N4. The molecule has 4 nitrogen and oxygen atoms in total. The highest BCUT2D eigenvalue weighted by atomic mass is 15.3. The maximum Gasteiger partial charge on any atom is 0.0992 e. The van der Waals surface area contributed by atoms with Crippen LogP contribution in [-0.2, 0) is 0 Å². The van der Waals surface area contributed by atoms with E-state index in [0.717, 1.165) is 24.5 Å². The number of anilines is 2. The Kier molecular flexibility index (Phi) is 3.31. The van der Waals surface area contributed by atoms with Crippen LogP contribution in [0.3, 0.4) is 0 Å². The van der Waals surface area contributed by atoms with E-state index in [1.165, 1.54) is 32.4 Å². The molecule has 1 aromatic rings. The van der Waals surface area contributed by atoms with Crippen molar-refractivity contribution >= 4 is 11.4 Å². The number of nitrogens with zero attached hydrogens (tertiary/aromatic N) is 3. The topological polar surface area (TPSA) is 56.3 Å². The summed E-state index contributed by atoms with van der Waals surface area (Å²) in [5.41, 5.74) is 8.51. The van der Waals surface area contributed by atoms with Crippen molar-refractivity contribution in [2.24, 2.45) is 0 Å². The molecule has 2 saturated heterocycles. The lowest BCUT2D eigenvalue weighted by Gasteiger charge is -2.25. The maximum absolute atomic E-state index is 8.88. The lowest BCUT2D eigenvalue weighted by molar-refractivity contribution is 0.260. The highest BCUT2D eigenvalue weighted by Crippen LogP contribution is 2.29. The summed E-state index contributed by atoms with van der Waals surface area (Å²) < 4.78 is 0. The molecule has 2 N–H and O–H groups in total. The summed E-state index contributed by atoms with van der Waals surface area (Å²) in [6.07, 6.45) is 3.91. The second-order valence-corrected chi connectivity index (χ2v) is 5.52. The molecule has 1 atom stereocenters. The van der Waals surface area contributed by atoms with E-state index < -0.39 is 0 Å². The van der Waals surface area contributed by atoms with Crippen LogP contribution in [0.1, 0.15) is 24.8 Å². The fourth-order valence-corrected chi connectivity index (χ4v) is 3.28. The number of hydrogen-bond donors (Lipinski definition) is 1. The van der Waals surface area contributed by atoms with Gasteiger partial charge in [0.25, 0.3) is 0 Å². The highest BCUT2D eigenvalue weighted by Gasteiger charge is 2.29. The van der Waals surface area contributed by atoms with E-state index in [1.54, 1.807) is 6.07 Å². The number of benzene rings is 1. The molecule has 19 heavy (non-hydrogen) atoms. The summed E-state index contributed by atoms with van der Waals surface area (Å²) in [6.45, 7) is 4.64. The zero-order chi connectivity index (χ0) is 13.2. The minimum Gasteiger partial charge on any atom is -0.397 e. The van der Waals surface area contributed by atoms with Gasteiger partial charge in [-0.2, -0.15) is 5.26 Å². The highest BCUT2D eigenvalue weighted by molar-refractivity contribution is 5.70. The molecule has 1 unspecified atom stereocenters. The molecule has 2 fully saturated rings. The van der Waals surface area contributed by atoms with Gasteiger partial charge in [0.05, 0.1) is 23.0 Å². The fraction of sp³-hybridized carbons (Fsp3) is 0.533. The molecule has 1 aromatic carbocycles. The normalized spacial score (nSPS) is 23.7. The first-order valence-electron chi connectivity index (χ1n) is 7.06. The molecule has 2 aliphatic rings. The van der Waals surface area contributed by atoms with E-state index in [-0.39, 0.29) is 0 Å². The average Bonchev–Trinajstić information content (AvgIpc) is 3.09. The Morgan fingerprint density at radius 3 is 2.68 bits per heavy atom. The van der Waals surface area contributed by atoms with Gasteiger partial charge in [0.2, 0.25) is 0 Å². The van der Waals surface area contributed by atoms with Crippen molar-refractivity contribution in [1.29, 1.82) is 5.26 Å². The summed E-state index contributed by atoms with van der Waals surface area (Å²) in [6, 6.07) is 8.43. The maximum atomic E-state index is 8.88. The van der Waals surface area contributed by atoms with E-state index >= 15 is 0 Å². The fourth-order valence-electron chi connectivity index (χ4n) is 3.28. The van der Waals surface area contributed by atoms with Crippen molar-refractivity contribution in [1.82, 2.24) is 4.90 Å². The van der Waals surface area contributed by atoms with Crippen LogP contribution in [0, 0.1) is 11.3 Å². The van der Waals surface area contributed by atoms with Crippen LogP contribution in [-0.4, -0.2) is 37.1 Å². The molecule has 2 heterocycles. The lowest BCUT2D eigenvalue weighted by atomic mass is 10.2. The van der Waals surface area contributed by atoms with E-state index in [9.17, 15) is 0 Å². The van der Waals surface area contributed by atoms with Gasteiger partial charge in [0.1, 0.15) is 0 Å². The molecule has 4 heteroatoms. The smallest absolute Gasteiger partial charge is 0.0992 e. The van der Waals surface area contributed by atoms with Crippen LogP contribution < -0.4 is 10.6 Å². The van der Waals surface area contributed by atoms with Gasteiger partial charge < -0.3 is 10.6 Å². The zero-order valence-corrected chi connectivity index (χ0v) is 11.2. The summed E-state index contributed by atoms with van der Waals surface area (Å²) in [5, 5.41) is 8.88. The Morgan fingerprint density at radius 1 is 1.21 bits per heavy atom. The second-order valence-electron chi connectivity index (χ2n) is 5.52. The quantitative estimate of drug-likeness (QED) is 0.820. The van der Waals surface area contributed by atoms with Crippen LogP contribution in [0.4, 0.5) is 11.4 Å². The molecule has 0 aliphatic carbocycles. The van der Waals surface area contributed by atoms with Gasteiger partial charge in [-0.15, -0.1) is 0 Å². The number of hydrogen-bond acceptors (Lipinski definition) is 4. The average molecular weight is 256 g/mol. The predicted octanol–water partition coefficient (Wildman–Crippen LogP) is 1.81. The minimum atomic E-state index is 0.636. The third-order valence-electron chi connectivity index (χ3n) is 4.32. The molecule has 0 radical (unpaired) electrons. The summed E-state index contributed by atoms with van der Waals surface area (Å²) in [4.78, 5) is 4.97. The number of rotatable bonds is 2. The molecular weight excluding hydrogens is 236 g/mol. The largest absolute Gasteiger partial charge is 0.397 e. The van der Waals surface area contributed by atoms with Crippen molar-refractivity contribution in [2.75, 3.05) is 36.8 Å². The Balaban J connectivity index is 1.72. The van der Waals surface area contributed by atoms with Crippen LogP contribution in [0.15, 0.2) is 18.2 Å². The SMILES string of the molecule is N#Cc1ccc(N2CCC(N3CCCC3)C2)c(N)c1. The zero-order valence-electron chi connectivity index (χ0n) is 11.2. The molecule has 100 valence electrons. The van der Waals surface area contributed by atoms with Gasteiger partial charge in [-0.05, 0) is 50.6 Å². The Bertz CT molecular complexity index is 499. The standard InChI is InChI=1S/C15H20N4/c16-10-12-3-4-15(14(17)9-12)19-8-5-13(11-19)18-6-1-2-7-18/h3-4,9,13H,1-2,5-8,11,17H2. The summed E-state index contributed by atoms with van der Waals surface area (Å²) >= 11 is 0. The Morgan fingerprint density at radius 2 is 2.00 bits per heavy atom. The van der Waals surface area contributed by atoms with E-state index in [1.807, 2.05) is 12.1 Å². The first-order valence-corrected chi connectivity index (χ1v) is 7.06. The summed E-state index contributed by atoms with van der Waals surface area (Å²) in [5.74, 6) is 0. The Hall–Kier alpha value is -1.73. The van der Waals surface area contributed by atoms with Gasteiger partial charge in [0, 0.05) is 19.1 Å². The molecule has 0 bridgehead atoms. The van der Waals surface area contributed by atoms with E-state index in [2.05, 4.69) is 15.9 Å². The first kappa shape index (κ1) is 12.3. The van der Waals surface area contributed by atoms with E-state index in [4.69, 9.17) is 11.0 Å². The number of nitrogens with two attached hydrogens (primary N) is 1. The van der Waals surface area contributed by atoms with Crippen molar-refractivity contribution < 1.29 is 0 Å². The van der Waals surface area contributed by atoms with Crippen LogP contribution in [0.5, 0.6) is 0 Å². The minimum absolute atomic E-state index is 0.636. The third kappa shape index (κ3) is 2.39. The molecule has 0 spiro atoms. The summed E-state index contributed by atoms with van der Waals surface area (Å²) in [7, 11) is 0. The second kappa shape index (κ2) is 5.10. The monoisotopic (exact) mass is 256 g/mol.